The molecule has 1 heterocycles. The molecule has 0 fully saturated rings. The monoisotopic (exact) mass is 335 g/mol. The molecule has 1 atom stereocenters. The second kappa shape index (κ2) is 8.31. The highest BCUT2D eigenvalue weighted by molar-refractivity contribution is 5.92. The van der Waals surface area contributed by atoms with Gasteiger partial charge in [-0.2, -0.15) is 0 Å². The first kappa shape index (κ1) is 17.0. The van der Waals surface area contributed by atoms with E-state index < -0.39 is 0 Å². The topological polar surface area (TPSA) is 46.7 Å². The van der Waals surface area contributed by atoms with E-state index in [2.05, 4.69) is 23.5 Å². The summed E-state index contributed by atoms with van der Waals surface area (Å²) in [7, 11) is 1.98. The summed E-state index contributed by atoms with van der Waals surface area (Å²) in [6.45, 7) is 1.08. The van der Waals surface area contributed by atoms with Crippen LogP contribution in [0.2, 0.25) is 0 Å². The van der Waals surface area contributed by atoms with Crippen molar-refractivity contribution in [1.29, 1.82) is 0 Å². The predicted molar refractivity (Wildman–Crippen MR) is 98.5 cm³/mol. The third-order valence-corrected chi connectivity index (χ3v) is 4.05. The molecule has 0 spiro atoms. The number of nitrogens with one attached hydrogen (secondary N) is 2. The largest absolute Gasteiger partial charge is 0.463 e. The molecule has 4 nitrogen and oxygen atoms in total. The minimum atomic E-state index is 0.00423. The lowest BCUT2D eigenvalue weighted by Crippen LogP contribution is -3.08. The molecule has 4 heteroatoms. The van der Waals surface area contributed by atoms with E-state index in [1.807, 2.05) is 55.6 Å². The van der Waals surface area contributed by atoms with Gasteiger partial charge in [-0.1, -0.05) is 48.5 Å². The van der Waals surface area contributed by atoms with Crippen LogP contribution in [0.25, 0.3) is 0 Å². The average molecular weight is 335 g/mol. The van der Waals surface area contributed by atoms with Crippen molar-refractivity contribution in [3.05, 3.63) is 89.9 Å². The van der Waals surface area contributed by atoms with Crippen molar-refractivity contribution in [2.75, 3.05) is 18.9 Å². The Morgan fingerprint density at radius 1 is 1.00 bits per heavy atom. The summed E-state index contributed by atoms with van der Waals surface area (Å²) in [5.74, 6) is 0.888. The first-order valence-corrected chi connectivity index (χ1v) is 8.46. The SMILES string of the molecule is C[NH+](CC(=O)Nc1ccccc1Cc1ccccc1)Cc1ccco1. The summed E-state index contributed by atoms with van der Waals surface area (Å²) in [5, 5.41) is 3.05. The van der Waals surface area contributed by atoms with E-state index in [9.17, 15) is 4.79 Å². The Hall–Kier alpha value is -2.85. The minimum absolute atomic E-state index is 0.00423. The molecule has 0 radical (unpaired) electrons. The van der Waals surface area contributed by atoms with Crippen molar-refractivity contribution in [3.63, 3.8) is 0 Å². The Morgan fingerprint density at radius 3 is 2.52 bits per heavy atom. The number of likely N-dealkylation sites (N-methyl/N-ethyl adjacent to an activating group) is 1. The van der Waals surface area contributed by atoms with Gasteiger partial charge >= 0.3 is 0 Å². The quantitative estimate of drug-likeness (QED) is 0.697. The molecule has 0 bridgehead atoms. The van der Waals surface area contributed by atoms with Crippen LogP contribution in [0.5, 0.6) is 0 Å². The fourth-order valence-electron chi connectivity index (χ4n) is 2.85. The van der Waals surface area contributed by atoms with Crippen LogP contribution in [0.3, 0.4) is 0 Å². The van der Waals surface area contributed by atoms with Crippen LogP contribution < -0.4 is 10.2 Å². The van der Waals surface area contributed by atoms with E-state index in [4.69, 9.17) is 4.42 Å². The van der Waals surface area contributed by atoms with Crippen LogP contribution in [-0.4, -0.2) is 19.5 Å². The molecular formula is C21H23N2O2+. The van der Waals surface area contributed by atoms with Gasteiger partial charge in [-0.25, -0.2) is 0 Å². The van der Waals surface area contributed by atoms with Crippen LogP contribution in [0.15, 0.2) is 77.4 Å². The van der Waals surface area contributed by atoms with E-state index >= 15 is 0 Å². The molecule has 0 saturated heterocycles. The molecule has 0 aliphatic carbocycles. The second-order valence-electron chi connectivity index (χ2n) is 6.26. The number of anilines is 1. The number of amides is 1. The summed E-state index contributed by atoms with van der Waals surface area (Å²) in [6.07, 6.45) is 2.45. The van der Waals surface area contributed by atoms with Crippen LogP contribution >= 0.6 is 0 Å². The molecule has 1 amide bonds. The standard InChI is InChI=1S/C21H22N2O2/c1-23(15-19-11-7-13-25-19)16-21(24)22-20-12-6-5-10-18(20)14-17-8-3-2-4-9-17/h2-13H,14-16H2,1H3,(H,22,24)/p+1. The van der Waals surface area contributed by atoms with Gasteiger partial charge in [0.25, 0.3) is 5.91 Å². The van der Waals surface area contributed by atoms with Crippen LogP contribution in [0.4, 0.5) is 5.69 Å². The van der Waals surface area contributed by atoms with Gasteiger partial charge in [-0.3, -0.25) is 4.79 Å². The third-order valence-electron chi connectivity index (χ3n) is 4.05. The molecule has 2 N–H and O–H groups in total. The smallest absolute Gasteiger partial charge is 0.279 e. The summed E-state index contributed by atoms with van der Waals surface area (Å²) in [4.78, 5) is 13.5. The minimum Gasteiger partial charge on any atom is -0.463 e. The molecule has 2 aromatic carbocycles. The molecule has 0 aliphatic heterocycles. The molecule has 3 aromatic rings. The number of hydrogen-bond acceptors (Lipinski definition) is 2. The number of benzene rings is 2. The molecule has 0 aliphatic rings. The summed E-state index contributed by atoms with van der Waals surface area (Å²) >= 11 is 0. The van der Waals surface area contributed by atoms with E-state index in [0.717, 1.165) is 28.3 Å². The zero-order chi connectivity index (χ0) is 17.5. The lowest BCUT2D eigenvalue weighted by atomic mass is 10.0. The fourth-order valence-corrected chi connectivity index (χ4v) is 2.85. The molecule has 0 saturated carbocycles. The lowest BCUT2D eigenvalue weighted by molar-refractivity contribution is -0.886. The summed E-state index contributed by atoms with van der Waals surface area (Å²) in [5.41, 5.74) is 3.22. The van der Waals surface area contributed by atoms with Gasteiger partial charge in [-0.15, -0.1) is 0 Å². The molecular weight excluding hydrogens is 312 g/mol. The van der Waals surface area contributed by atoms with Crippen LogP contribution in [0, 0.1) is 0 Å². The van der Waals surface area contributed by atoms with Gasteiger partial charge in [0, 0.05) is 5.69 Å². The first-order valence-electron chi connectivity index (χ1n) is 8.46. The average Bonchev–Trinajstić information content (AvgIpc) is 3.10. The van der Waals surface area contributed by atoms with Crippen LogP contribution in [0.1, 0.15) is 16.9 Å². The Kier molecular flexibility index (Phi) is 5.65. The van der Waals surface area contributed by atoms with Crippen molar-refractivity contribution in [3.8, 4) is 0 Å². The van der Waals surface area contributed by atoms with Crippen molar-refractivity contribution in [1.82, 2.24) is 0 Å². The summed E-state index contributed by atoms with van der Waals surface area (Å²) in [6, 6.07) is 22.0. The normalized spacial score (nSPS) is 11.9. The number of carbonyl (C=O) groups is 1. The zero-order valence-electron chi connectivity index (χ0n) is 14.4. The maximum atomic E-state index is 12.4. The fraction of sp³-hybridized carbons (Fsp3) is 0.190. The Labute approximate surface area is 148 Å². The van der Waals surface area contributed by atoms with Gasteiger partial charge in [-0.05, 0) is 35.7 Å². The van der Waals surface area contributed by atoms with Crippen LogP contribution in [-0.2, 0) is 17.8 Å². The number of quaternary nitrogens is 1. The highest BCUT2D eigenvalue weighted by atomic mass is 16.3. The molecule has 128 valence electrons. The Bertz CT molecular complexity index is 798. The molecule has 3 rings (SSSR count). The van der Waals surface area contributed by atoms with Gasteiger partial charge in [0.15, 0.2) is 12.3 Å². The Balaban J connectivity index is 1.61. The predicted octanol–water partition coefficient (Wildman–Crippen LogP) is 2.52. The molecule has 1 unspecified atom stereocenters. The maximum Gasteiger partial charge on any atom is 0.279 e. The van der Waals surface area contributed by atoms with E-state index in [1.165, 1.54) is 5.56 Å². The van der Waals surface area contributed by atoms with Crippen molar-refractivity contribution in [2.45, 2.75) is 13.0 Å². The number of furan rings is 1. The van der Waals surface area contributed by atoms with Gasteiger partial charge in [0.1, 0.15) is 6.54 Å². The number of hydrogen-bond donors (Lipinski definition) is 2. The highest BCUT2D eigenvalue weighted by Crippen LogP contribution is 2.18. The third kappa shape index (κ3) is 5.06. The summed E-state index contributed by atoms with van der Waals surface area (Å²) < 4.78 is 5.34. The van der Waals surface area contributed by atoms with E-state index in [-0.39, 0.29) is 5.91 Å². The van der Waals surface area contributed by atoms with Crippen molar-refractivity contribution >= 4 is 11.6 Å². The maximum absolute atomic E-state index is 12.4. The first-order chi connectivity index (χ1) is 12.2. The Morgan fingerprint density at radius 2 is 1.76 bits per heavy atom. The number of carbonyl (C=O) groups excluding carboxylic acids is 1. The van der Waals surface area contributed by atoms with E-state index in [1.54, 1.807) is 6.26 Å². The lowest BCUT2D eigenvalue weighted by Gasteiger charge is -2.14. The van der Waals surface area contributed by atoms with Gasteiger partial charge in [0.2, 0.25) is 0 Å². The van der Waals surface area contributed by atoms with Crippen molar-refractivity contribution < 1.29 is 14.1 Å². The van der Waals surface area contributed by atoms with E-state index in [0.29, 0.717) is 13.1 Å². The second-order valence-corrected chi connectivity index (χ2v) is 6.26. The van der Waals surface area contributed by atoms with Gasteiger partial charge in [0.05, 0.1) is 13.3 Å². The highest BCUT2D eigenvalue weighted by Gasteiger charge is 2.13. The van der Waals surface area contributed by atoms with Gasteiger partial charge < -0.3 is 14.6 Å². The van der Waals surface area contributed by atoms with Crippen molar-refractivity contribution in [2.24, 2.45) is 0 Å². The number of rotatable bonds is 7. The molecule has 25 heavy (non-hydrogen) atoms. The molecule has 1 aromatic heterocycles. The number of para-hydroxylation sites is 1. The zero-order valence-corrected chi connectivity index (χ0v) is 14.4.